The van der Waals surface area contributed by atoms with E-state index >= 15 is 0 Å². The highest BCUT2D eigenvalue weighted by molar-refractivity contribution is 5.80. The largest absolute Gasteiger partial charge is 0.573 e. The van der Waals surface area contributed by atoms with Gasteiger partial charge in [0.2, 0.25) is 11.8 Å². The fraction of sp³-hybridized carbons (Fsp3) is 0.538. The molecule has 10 atom stereocenters. The predicted octanol–water partition coefficient (Wildman–Crippen LogP) is -1.57. The number of aliphatic hydroxyl groups is 4. The van der Waals surface area contributed by atoms with Crippen LogP contribution in [0.2, 0.25) is 0 Å². The number of piperidine rings is 1. The van der Waals surface area contributed by atoms with E-state index in [0.29, 0.717) is 31.7 Å². The zero-order valence-corrected chi connectivity index (χ0v) is 33.1. The van der Waals surface area contributed by atoms with E-state index in [4.69, 9.17) is 30.4 Å². The molecule has 2 unspecified atom stereocenters. The van der Waals surface area contributed by atoms with Gasteiger partial charge in [-0.2, -0.15) is 0 Å². The van der Waals surface area contributed by atoms with Gasteiger partial charge in [-0.1, -0.05) is 12.1 Å². The first kappa shape index (κ1) is 46.4. The number of aromatic amines is 1. The number of anilines is 1. The fourth-order valence-corrected chi connectivity index (χ4v) is 7.48. The molecule has 1 aromatic heterocycles. The number of benzene rings is 2. The Morgan fingerprint density at radius 1 is 0.919 bits per heavy atom. The lowest BCUT2D eigenvalue weighted by Gasteiger charge is -2.34. The van der Waals surface area contributed by atoms with Crippen molar-refractivity contribution in [3.05, 3.63) is 87.2 Å². The molecule has 62 heavy (non-hydrogen) atoms. The standard InChI is InChI=1S/C39H50F3N7O13/c40-39(41,42)62-24-9-7-22(8-10-24)58-23-11-15-48(16-12-23)21-5-3-20(4-6-21)19-46-26(50)2-1-14-45-28(35(44)56)33(61-37-32(55)29(52)25(18-43)59-37)34-30(53)31(54)36(60-34)49-17-13-27(51)47-38(49)57/h3-10,13,17,23,25,28-34,36-37,45,52-55H,1-2,11-12,14-16,18-19,43H2,(H2,44,56)(H,46,50)(H,47,51,57)/t25-,28+,29-,30?,31?,32-,33+,34+,36-,37+/m1/s1. The van der Waals surface area contributed by atoms with E-state index < -0.39 is 84.8 Å². The number of nitrogens with zero attached hydrogens (tertiary/aromatic N) is 2. The number of rotatable bonds is 18. The Hall–Kier alpha value is -5.11. The molecule has 6 rings (SSSR count). The van der Waals surface area contributed by atoms with Gasteiger partial charge in [-0.05, 0) is 54.9 Å². The van der Waals surface area contributed by atoms with Crippen molar-refractivity contribution in [1.29, 1.82) is 0 Å². The smallest absolute Gasteiger partial charge is 0.490 e. The molecule has 3 aliphatic rings. The highest BCUT2D eigenvalue weighted by Gasteiger charge is 2.53. The summed E-state index contributed by atoms with van der Waals surface area (Å²) in [6.07, 6.45) is -16.5. The maximum atomic E-state index is 12.9. The number of hydrogen-bond donors (Lipinski definition) is 9. The fourth-order valence-electron chi connectivity index (χ4n) is 7.48. The van der Waals surface area contributed by atoms with Crippen LogP contribution < -0.4 is 47.7 Å². The Labute approximate surface area is 351 Å². The number of nitrogens with one attached hydrogen (secondary N) is 3. The molecule has 0 aliphatic carbocycles. The van der Waals surface area contributed by atoms with E-state index in [0.717, 1.165) is 28.1 Å². The van der Waals surface area contributed by atoms with Crippen LogP contribution in [0.1, 0.15) is 37.5 Å². The number of halogens is 3. The topological polar surface area (TPSA) is 295 Å². The Kier molecular flexibility index (Phi) is 15.3. The molecule has 20 nitrogen and oxygen atoms in total. The molecule has 0 saturated carbocycles. The van der Waals surface area contributed by atoms with E-state index in [1.54, 1.807) is 0 Å². The summed E-state index contributed by atoms with van der Waals surface area (Å²) in [6, 6.07) is 12.4. The van der Waals surface area contributed by atoms with E-state index in [-0.39, 0.29) is 50.2 Å². The van der Waals surface area contributed by atoms with Gasteiger partial charge in [0.25, 0.3) is 5.56 Å². The number of aromatic nitrogens is 2. The summed E-state index contributed by atoms with van der Waals surface area (Å²) < 4.78 is 65.3. The Morgan fingerprint density at radius 2 is 1.60 bits per heavy atom. The normalized spacial score (nSPS) is 26.5. The summed E-state index contributed by atoms with van der Waals surface area (Å²) in [5.74, 6) is -1.20. The molecule has 23 heteroatoms. The van der Waals surface area contributed by atoms with Crippen LogP contribution in [0.15, 0.2) is 70.4 Å². The molecule has 11 N–H and O–H groups in total. The van der Waals surface area contributed by atoms with Crippen molar-refractivity contribution in [1.82, 2.24) is 20.2 Å². The van der Waals surface area contributed by atoms with E-state index in [9.17, 15) is 52.8 Å². The van der Waals surface area contributed by atoms with Gasteiger partial charge in [0.1, 0.15) is 66.4 Å². The monoisotopic (exact) mass is 881 g/mol. The summed E-state index contributed by atoms with van der Waals surface area (Å²) in [5.41, 5.74) is 11.5. The number of nitrogens with two attached hydrogens (primary N) is 2. The SMILES string of the molecule is NC[C@H]1O[C@@H](O[C@@H]([C@H](NCCCC(=O)NCc2ccc(N3CCC(Oc4ccc(OC(F)(F)F)cc4)CC3)cc2)C(N)=O)[C@H]2O[C@@H](n3ccc(=O)[nH]c3=O)C(O)C2O)[C@H](O)[C@@H]1O. The van der Waals surface area contributed by atoms with Crippen molar-refractivity contribution < 1.29 is 66.9 Å². The van der Waals surface area contributed by atoms with Crippen LogP contribution in [0.4, 0.5) is 18.9 Å². The second-order valence-electron chi connectivity index (χ2n) is 15.1. The van der Waals surface area contributed by atoms with Crippen LogP contribution in [0.5, 0.6) is 11.5 Å². The zero-order valence-electron chi connectivity index (χ0n) is 33.1. The number of carbonyl (C=O) groups is 2. The van der Waals surface area contributed by atoms with Gasteiger partial charge in [-0.15, -0.1) is 13.2 Å². The molecular weight excluding hydrogens is 831 g/mol. The average molecular weight is 882 g/mol. The van der Waals surface area contributed by atoms with E-state index in [2.05, 4.69) is 20.3 Å². The highest BCUT2D eigenvalue weighted by Crippen LogP contribution is 2.34. The Bertz CT molecular complexity index is 2070. The van der Waals surface area contributed by atoms with Gasteiger partial charge >= 0.3 is 12.1 Å². The minimum Gasteiger partial charge on any atom is -0.490 e. The molecule has 0 spiro atoms. The third-order valence-corrected chi connectivity index (χ3v) is 10.7. The summed E-state index contributed by atoms with van der Waals surface area (Å²) in [5, 5.41) is 48.7. The quantitative estimate of drug-likeness (QED) is 0.0653. The van der Waals surface area contributed by atoms with E-state index in [1.807, 2.05) is 29.2 Å². The molecule has 3 aliphatic heterocycles. The maximum Gasteiger partial charge on any atom is 0.573 e. The number of ether oxygens (including phenoxy) is 5. The first-order chi connectivity index (χ1) is 29.5. The van der Waals surface area contributed by atoms with Crippen LogP contribution in [0.25, 0.3) is 0 Å². The average Bonchev–Trinajstić information content (AvgIpc) is 3.68. The van der Waals surface area contributed by atoms with Crippen molar-refractivity contribution in [3.8, 4) is 11.5 Å². The van der Waals surface area contributed by atoms with Crippen LogP contribution in [-0.2, 0) is 30.3 Å². The predicted molar refractivity (Wildman–Crippen MR) is 209 cm³/mol. The van der Waals surface area contributed by atoms with Gasteiger partial charge in [0, 0.05) is 63.4 Å². The molecule has 0 bridgehead atoms. The van der Waals surface area contributed by atoms with E-state index in [1.165, 1.54) is 24.3 Å². The lowest BCUT2D eigenvalue weighted by Crippen LogP contribution is -2.59. The third-order valence-electron chi connectivity index (χ3n) is 10.7. The number of hydrogen-bond acceptors (Lipinski definition) is 16. The number of aliphatic hydroxyl groups excluding tert-OH is 4. The molecule has 4 heterocycles. The van der Waals surface area contributed by atoms with Crippen LogP contribution in [0.3, 0.4) is 0 Å². The zero-order chi connectivity index (χ0) is 44.7. The van der Waals surface area contributed by atoms with Gasteiger partial charge in [0.05, 0.1) is 0 Å². The molecule has 2 aromatic carbocycles. The van der Waals surface area contributed by atoms with Crippen LogP contribution >= 0.6 is 0 Å². The molecule has 340 valence electrons. The number of alkyl halides is 3. The molecule has 0 radical (unpaired) electrons. The van der Waals surface area contributed by atoms with Crippen molar-refractivity contribution in [2.24, 2.45) is 11.5 Å². The minimum atomic E-state index is -4.77. The lowest BCUT2D eigenvalue weighted by molar-refractivity contribution is -0.274. The first-order valence-corrected chi connectivity index (χ1v) is 19.9. The maximum absolute atomic E-state index is 12.9. The lowest BCUT2D eigenvalue weighted by atomic mass is 9.98. The van der Waals surface area contributed by atoms with Gasteiger partial charge in [-0.25, -0.2) is 4.79 Å². The summed E-state index contributed by atoms with van der Waals surface area (Å²) in [4.78, 5) is 54.0. The summed E-state index contributed by atoms with van der Waals surface area (Å²) in [6.45, 7) is 1.40. The number of carbonyl (C=O) groups excluding carboxylic acids is 2. The Morgan fingerprint density at radius 3 is 2.21 bits per heavy atom. The summed E-state index contributed by atoms with van der Waals surface area (Å²) in [7, 11) is 0. The number of amides is 2. The van der Waals surface area contributed by atoms with Crippen LogP contribution in [0, 0.1) is 0 Å². The minimum absolute atomic E-state index is 0.00315. The molecule has 3 saturated heterocycles. The van der Waals surface area contributed by atoms with Gasteiger partial charge < -0.3 is 71.1 Å². The van der Waals surface area contributed by atoms with Crippen molar-refractivity contribution in [2.45, 2.75) is 106 Å². The number of H-pyrrole nitrogens is 1. The molecule has 3 fully saturated rings. The van der Waals surface area contributed by atoms with Gasteiger partial charge in [-0.3, -0.25) is 23.9 Å². The second-order valence-corrected chi connectivity index (χ2v) is 15.1. The van der Waals surface area contributed by atoms with Crippen molar-refractivity contribution in [2.75, 3.05) is 31.1 Å². The second kappa shape index (κ2) is 20.4. The van der Waals surface area contributed by atoms with Gasteiger partial charge in [0.15, 0.2) is 12.5 Å². The Balaban J connectivity index is 0.983. The molecule has 2 amide bonds. The summed E-state index contributed by atoms with van der Waals surface area (Å²) >= 11 is 0. The third kappa shape index (κ3) is 11.7. The van der Waals surface area contributed by atoms with Crippen molar-refractivity contribution in [3.63, 3.8) is 0 Å². The number of primary amides is 1. The molecular formula is C39H50F3N7O13. The van der Waals surface area contributed by atoms with Crippen LogP contribution in [-0.4, -0.2) is 135 Å². The molecule has 3 aromatic rings. The highest BCUT2D eigenvalue weighted by atomic mass is 19.4. The van der Waals surface area contributed by atoms with Crippen molar-refractivity contribution >= 4 is 17.5 Å². The first-order valence-electron chi connectivity index (χ1n) is 19.9.